The zero-order valence-corrected chi connectivity index (χ0v) is 18.6. The van der Waals surface area contributed by atoms with Crippen LogP contribution in [0.25, 0.3) is 28.2 Å². The van der Waals surface area contributed by atoms with E-state index < -0.39 is 0 Å². The van der Waals surface area contributed by atoms with Crippen LogP contribution in [0.1, 0.15) is 31.0 Å². The van der Waals surface area contributed by atoms with E-state index in [0.29, 0.717) is 5.82 Å². The minimum absolute atomic E-state index is 0.667. The molecule has 0 unspecified atom stereocenters. The molecule has 32 heavy (non-hydrogen) atoms. The summed E-state index contributed by atoms with van der Waals surface area (Å²) in [5.41, 5.74) is 6.51. The Balaban J connectivity index is 1.35. The lowest BCUT2D eigenvalue weighted by Crippen LogP contribution is -2.00. The largest absolute Gasteiger partial charge is 0.239 e. The summed E-state index contributed by atoms with van der Waals surface area (Å²) in [5.74, 6) is 1.53. The van der Waals surface area contributed by atoms with E-state index in [1.165, 1.54) is 5.56 Å². The van der Waals surface area contributed by atoms with Crippen LogP contribution in [0, 0.1) is 0 Å². The van der Waals surface area contributed by atoms with E-state index in [2.05, 4.69) is 69.0 Å². The number of unbranched alkanes of at least 4 members (excludes halogenated alkanes) is 1. The monoisotopic (exact) mass is 441 g/mol. The van der Waals surface area contributed by atoms with Crippen molar-refractivity contribution in [2.45, 2.75) is 37.0 Å². The lowest BCUT2D eigenvalue weighted by Gasteiger charge is -2.10. The number of thioether (sulfide) groups is 1. The molecule has 0 amide bonds. The molecule has 3 aromatic heterocycles. The Bertz CT molecular complexity index is 1310. The molecule has 8 heteroatoms. The van der Waals surface area contributed by atoms with Gasteiger partial charge in [0.15, 0.2) is 11.5 Å². The number of nitrogens with one attached hydrogen (secondary N) is 1. The highest BCUT2D eigenvalue weighted by Crippen LogP contribution is 2.31. The number of hydrogen-bond acceptors (Lipinski definition) is 6. The summed E-state index contributed by atoms with van der Waals surface area (Å²) < 4.78 is 1.93. The van der Waals surface area contributed by atoms with Crippen LogP contribution in [0.3, 0.4) is 0 Å². The number of aryl methyl sites for hydroxylation is 1. The van der Waals surface area contributed by atoms with Crippen molar-refractivity contribution >= 4 is 17.4 Å². The molecule has 0 radical (unpaired) electrons. The second kappa shape index (κ2) is 9.32. The predicted molar refractivity (Wildman–Crippen MR) is 126 cm³/mol. The molecule has 0 saturated heterocycles. The van der Waals surface area contributed by atoms with Crippen LogP contribution in [0.2, 0.25) is 0 Å². The highest BCUT2D eigenvalue weighted by atomic mass is 32.2. The lowest BCUT2D eigenvalue weighted by atomic mass is 9.98. The summed E-state index contributed by atoms with van der Waals surface area (Å²) in [6, 6.07) is 20.9. The summed E-state index contributed by atoms with van der Waals surface area (Å²) in [5, 5.41) is 19.9. The third kappa shape index (κ3) is 4.27. The van der Waals surface area contributed by atoms with Gasteiger partial charge in [-0.3, -0.25) is 0 Å². The molecule has 0 saturated carbocycles. The number of H-pyrrole nitrogens is 1. The lowest BCUT2D eigenvalue weighted by molar-refractivity contribution is 0.756. The maximum absolute atomic E-state index is 4.73. The SMILES string of the molecule is CCCCc1cc(SCc2ccc(-c3ccccc3-c3nnn[nH]3)cc2)n2nccc2n1. The molecule has 0 bridgehead atoms. The van der Waals surface area contributed by atoms with Crippen molar-refractivity contribution in [1.82, 2.24) is 35.2 Å². The van der Waals surface area contributed by atoms with Gasteiger partial charge in [-0.25, -0.2) is 14.6 Å². The molecule has 1 N–H and O–H groups in total. The molecule has 0 atom stereocenters. The van der Waals surface area contributed by atoms with Crippen molar-refractivity contribution in [2.75, 3.05) is 0 Å². The van der Waals surface area contributed by atoms with E-state index in [1.807, 2.05) is 35.0 Å². The Labute approximate surface area is 190 Å². The molecule has 5 rings (SSSR count). The second-order valence-corrected chi connectivity index (χ2v) is 8.57. The fourth-order valence-corrected chi connectivity index (χ4v) is 4.66. The molecule has 3 heterocycles. The first kappa shape index (κ1) is 20.4. The maximum Gasteiger partial charge on any atom is 0.180 e. The van der Waals surface area contributed by atoms with Crippen molar-refractivity contribution in [3.8, 4) is 22.5 Å². The van der Waals surface area contributed by atoms with E-state index in [9.17, 15) is 0 Å². The van der Waals surface area contributed by atoms with Gasteiger partial charge in [0.05, 0.1) is 6.20 Å². The van der Waals surface area contributed by atoms with Gasteiger partial charge in [-0.2, -0.15) is 5.10 Å². The fourth-order valence-electron chi connectivity index (χ4n) is 3.68. The van der Waals surface area contributed by atoms with Gasteiger partial charge in [0.1, 0.15) is 5.03 Å². The van der Waals surface area contributed by atoms with Crippen molar-refractivity contribution in [1.29, 1.82) is 0 Å². The van der Waals surface area contributed by atoms with Gasteiger partial charge in [0, 0.05) is 23.1 Å². The Kier molecular flexibility index (Phi) is 5.93. The summed E-state index contributed by atoms with van der Waals surface area (Å²) in [6.07, 6.45) is 5.12. The Hall–Kier alpha value is -3.52. The van der Waals surface area contributed by atoms with Gasteiger partial charge in [-0.1, -0.05) is 61.9 Å². The van der Waals surface area contributed by atoms with Gasteiger partial charge < -0.3 is 0 Å². The highest BCUT2D eigenvalue weighted by molar-refractivity contribution is 7.98. The number of benzene rings is 2. The van der Waals surface area contributed by atoms with Gasteiger partial charge >= 0.3 is 0 Å². The Morgan fingerprint density at radius 2 is 1.84 bits per heavy atom. The van der Waals surface area contributed by atoms with Crippen molar-refractivity contribution in [2.24, 2.45) is 0 Å². The van der Waals surface area contributed by atoms with Crippen LogP contribution in [-0.4, -0.2) is 35.2 Å². The molecule has 7 nitrogen and oxygen atoms in total. The van der Waals surface area contributed by atoms with E-state index in [4.69, 9.17) is 4.98 Å². The minimum atomic E-state index is 0.667. The molecule has 0 fully saturated rings. The van der Waals surface area contributed by atoms with Gasteiger partial charge in [0.25, 0.3) is 0 Å². The molecular weight excluding hydrogens is 418 g/mol. The van der Waals surface area contributed by atoms with Crippen LogP contribution >= 0.6 is 11.8 Å². The first-order valence-corrected chi connectivity index (χ1v) is 11.7. The number of hydrogen-bond donors (Lipinski definition) is 1. The van der Waals surface area contributed by atoms with Gasteiger partial charge in [-0.05, 0) is 46.0 Å². The second-order valence-electron chi connectivity index (χ2n) is 7.57. The van der Waals surface area contributed by atoms with Gasteiger partial charge in [0.2, 0.25) is 0 Å². The first-order chi connectivity index (χ1) is 15.8. The Morgan fingerprint density at radius 1 is 1.00 bits per heavy atom. The zero-order chi connectivity index (χ0) is 21.8. The van der Waals surface area contributed by atoms with Gasteiger partial charge in [-0.15, -0.1) is 16.9 Å². The van der Waals surface area contributed by atoms with Crippen LogP contribution < -0.4 is 0 Å². The standard InChI is InChI=1S/C24H23N7S/c1-2-3-6-19-15-23(31-22(26-19)13-14-25-31)32-16-17-9-11-18(12-10-17)20-7-4-5-8-21(20)24-27-29-30-28-24/h4-5,7-15H,2-3,6,16H2,1H3,(H,27,28,29,30). The smallest absolute Gasteiger partial charge is 0.180 e. The van der Waals surface area contributed by atoms with Crippen LogP contribution in [0.15, 0.2) is 71.9 Å². The van der Waals surface area contributed by atoms with Crippen LogP contribution in [0.4, 0.5) is 0 Å². The molecule has 0 aliphatic heterocycles. The summed E-state index contributed by atoms with van der Waals surface area (Å²) in [7, 11) is 0. The number of aromatic nitrogens is 7. The van der Waals surface area contributed by atoms with E-state index in [-0.39, 0.29) is 0 Å². The first-order valence-electron chi connectivity index (χ1n) is 10.7. The molecule has 0 aliphatic rings. The summed E-state index contributed by atoms with van der Waals surface area (Å²) in [4.78, 5) is 4.73. The normalized spacial score (nSPS) is 11.3. The number of nitrogens with zero attached hydrogens (tertiary/aromatic N) is 6. The maximum atomic E-state index is 4.73. The highest BCUT2D eigenvalue weighted by Gasteiger charge is 2.11. The molecule has 0 spiro atoms. The van der Waals surface area contributed by atoms with Crippen LogP contribution in [0.5, 0.6) is 0 Å². The third-order valence-corrected chi connectivity index (χ3v) is 6.41. The van der Waals surface area contributed by atoms with Crippen molar-refractivity contribution < 1.29 is 0 Å². The number of fused-ring (bicyclic) bond motifs is 1. The molecule has 0 aliphatic carbocycles. The quantitative estimate of drug-likeness (QED) is 0.263. The van der Waals surface area contributed by atoms with Crippen LogP contribution in [-0.2, 0) is 12.2 Å². The number of tetrazole rings is 1. The summed E-state index contributed by atoms with van der Waals surface area (Å²) >= 11 is 1.79. The Morgan fingerprint density at radius 3 is 2.62 bits per heavy atom. The van der Waals surface area contributed by atoms with Crippen molar-refractivity contribution in [3.63, 3.8) is 0 Å². The topological polar surface area (TPSA) is 84.7 Å². The van der Waals surface area contributed by atoms with E-state index in [1.54, 1.807) is 11.8 Å². The van der Waals surface area contributed by atoms with E-state index >= 15 is 0 Å². The molecule has 160 valence electrons. The predicted octanol–water partition coefficient (Wildman–Crippen LogP) is 5.21. The van der Waals surface area contributed by atoms with Crippen molar-refractivity contribution in [3.05, 3.63) is 78.1 Å². The van der Waals surface area contributed by atoms with E-state index in [0.717, 1.165) is 58.1 Å². The minimum Gasteiger partial charge on any atom is -0.239 e. The zero-order valence-electron chi connectivity index (χ0n) is 17.8. The number of rotatable bonds is 8. The molecule has 2 aromatic carbocycles. The number of aromatic amines is 1. The fraction of sp³-hybridized carbons (Fsp3) is 0.208. The average Bonchev–Trinajstić information content (AvgIpc) is 3.54. The molecule has 5 aromatic rings. The summed E-state index contributed by atoms with van der Waals surface area (Å²) in [6.45, 7) is 2.21. The molecular formula is C24H23N7S. The third-order valence-electron chi connectivity index (χ3n) is 5.35. The average molecular weight is 442 g/mol.